The van der Waals surface area contributed by atoms with Crippen LogP contribution in [0.4, 0.5) is 10.1 Å². The highest BCUT2D eigenvalue weighted by atomic mass is 19.1. The molecule has 2 aromatic carbocycles. The number of amides is 1. The summed E-state index contributed by atoms with van der Waals surface area (Å²) in [5.41, 5.74) is 2.18. The van der Waals surface area contributed by atoms with Gasteiger partial charge in [-0.25, -0.2) is 4.39 Å². The van der Waals surface area contributed by atoms with Crippen molar-refractivity contribution < 1.29 is 13.9 Å². The molecule has 0 aromatic heterocycles. The molecule has 1 aliphatic rings. The Labute approximate surface area is 173 Å². The molecular weight excluding hydrogens is 367 g/mol. The van der Waals surface area contributed by atoms with Gasteiger partial charge in [-0.15, -0.1) is 0 Å². The van der Waals surface area contributed by atoms with E-state index in [9.17, 15) is 9.18 Å². The predicted octanol–water partition coefficient (Wildman–Crippen LogP) is 5.07. The number of para-hydroxylation sites is 1. The normalized spacial score (nSPS) is 15.4. The molecule has 1 amide bonds. The van der Waals surface area contributed by atoms with Crippen LogP contribution in [0, 0.1) is 11.7 Å². The Morgan fingerprint density at radius 2 is 1.93 bits per heavy atom. The SMILES string of the molecule is CC(C)C(=O)Nc1cccc(C2CCN(CCCOc3ccccc3F)CC2)c1. The molecule has 0 aliphatic carbocycles. The molecule has 0 atom stereocenters. The number of nitrogens with zero attached hydrogens (tertiary/aromatic N) is 1. The number of rotatable bonds is 8. The van der Waals surface area contributed by atoms with E-state index in [0.717, 1.165) is 44.6 Å². The van der Waals surface area contributed by atoms with E-state index in [2.05, 4.69) is 22.3 Å². The molecule has 0 spiro atoms. The number of anilines is 1. The van der Waals surface area contributed by atoms with Gasteiger partial charge >= 0.3 is 0 Å². The van der Waals surface area contributed by atoms with E-state index in [1.54, 1.807) is 18.2 Å². The topological polar surface area (TPSA) is 41.6 Å². The molecule has 2 aromatic rings. The zero-order valence-electron chi connectivity index (χ0n) is 17.4. The summed E-state index contributed by atoms with van der Waals surface area (Å²) in [6.45, 7) is 7.39. The lowest BCUT2D eigenvalue weighted by Gasteiger charge is -2.32. The van der Waals surface area contributed by atoms with Crippen LogP contribution in [0.25, 0.3) is 0 Å². The first-order chi connectivity index (χ1) is 14.0. The van der Waals surface area contributed by atoms with Crippen molar-refractivity contribution in [3.05, 3.63) is 59.9 Å². The Morgan fingerprint density at radius 1 is 1.17 bits per heavy atom. The molecule has 0 saturated carbocycles. The molecule has 29 heavy (non-hydrogen) atoms. The van der Waals surface area contributed by atoms with Crippen LogP contribution >= 0.6 is 0 Å². The van der Waals surface area contributed by atoms with E-state index >= 15 is 0 Å². The first kappa shape index (κ1) is 21.3. The summed E-state index contributed by atoms with van der Waals surface area (Å²) >= 11 is 0. The third-order valence-corrected chi connectivity index (χ3v) is 5.45. The van der Waals surface area contributed by atoms with Crippen molar-refractivity contribution in [2.45, 2.75) is 39.0 Å². The standard InChI is InChI=1S/C24H31FN2O2/c1-18(2)24(28)26-21-8-5-7-20(17-21)19-11-14-27(15-12-19)13-6-16-29-23-10-4-3-9-22(23)25/h3-5,7-10,17-19H,6,11-16H2,1-2H3,(H,26,28). The quantitative estimate of drug-likeness (QED) is 0.631. The van der Waals surface area contributed by atoms with Gasteiger partial charge in [0.15, 0.2) is 11.6 Å². The van der Waals surface area contributed by atoms with E-state index in [1.807, 2.05) is 26.0 Å². The molecule has 1 saturated heterocycles. The summed E-state index contributed by atoms with van der Waals surface area (Å²) in [6, 6.07) is 14.8. The largest absolute Gasteiger partial charge is 0.490 e. The van der Waals surface area contributed by atoms with E-state index in [4.69, 9.17) is 4.74 Å². The third kappa shape index (κ3) is 6.29. The molecule has 5 heteroatoms. The lowest BCUT2D eigenvalue weighted by molar-refractivity contribution is -0.118. The van der Waals surface area contributed by atoms with Crippen molar-refractivity contribution in [1.29, 1.82) is 0 Å². The van der Waals surface area contributed by atoms with E-state index in [-0.39, 0.29) is 17.6 Å². The Bertz CT molecular complexity index is 801. The number of halogens is 1. The fraction of sp³-hybridized carbons (Fsp3) is 0.458. The number of likely N-dealkylation sites (tertiary alicyclic amines) is 1. The van der Waals surface area contributed by atoms with Crippen molar-refractivity contribution in [3.63, 3.8) is 0 Å². The Kier molecular flexibility index (Phi) is 7.64. The zero-order chi connectivity index (χ0) is 20.6. The molecule has 0 unspecified atom stereocenters. The van der Waals surface area contributed by atoms with Gasteiger partial charge in [-0.3, -0.25) is 4.79 Å². The second-order valence-corrected chi connectivity index (χ2v) is 8.02. The van der Waals surface area contributed by atoms with Gasteiger partial charge < -0.3 is 15.0 Å². The van der Waals surface area contributed by atoms with Gasteiger partial charge in [0.25, 0.3) is 0 Å². The maximum atomic E-state index is 13.6. The average molecular weight is 399 g/mol. The predicted molar refractivity (Wildman–Crippen MR) is 115 cm³/mol. The number of carbonyl (C=O) groups excluding carboxylic acids is 1. The molecule has 0 radical (unpaired) electrons. The third-order valence-electron chi connectivity index (χ3n) is 5.45. The Balaban J connectivity index is 1.41. The summed E-state index contributed by atoms with van der Waals surface area (Å²) in [4.78, 5) is 14.4. The number of carbonyl (C=O) groups is 1. The van der Waals surface area contributed by atoms with Crippen molar-refractivity contribution in [3.8, 4) is 5.75 Å². The summed E-state index contributed by atoms with van der Waals surface area (Å²) in [6.07, 6.45) is 3.10. The molecule has 1 heterocycles. The van der Waals surface area contributed by atoms with Crippen LogP contribution in [0.2, 0.25) is 0 Å². The number of hydrogen-bond acceptors (Lipinski definition) is 3. The number of hydrogen-bond donors (Lipinski definition) is 1. The van der Waals surface area contributed by atoms with Crippen LogP contribution < -0.4 is 10.1 Å². The van der Waals surface area contributed by atoms with Crippen LogP contribution in [-0.2, 0) is 4.79 Å². The molecular formula is C24H31FN2O2. The smallest absolute Gasteiger partial charge is 0.226 e. The highest BCUT2D eigenvalue weighted by molar-refractivity contribution is 5.92. The lowest BCUT2D eigenvalue weighted by Crippen LogP contribution is -2.34. The van der Waals surface area contributed by atoms with E-state index < -0.39 is 0 Å². The van der Waals surface area contributed by atoms with Crippen molar-refractivity contribution in [2.75, 3.05) is 31.6 Å². The molecule has 3 rings (SSSR count). The minimum Gasteiger partial charge on any atom is -0.490 e. The van der Waals surface area contributed by atoms with Crippen LogP contribution in [-0.4, -0.2) is 37.0 Å². The molecule has 0 bridgehead atoms. The average Bonchev–Trinajstić information content (AvgIpc) is 2.73. The van der Waals surface area contributed by atoms with Gasteiger partial charge in [0.2, 0.25) is 5.91 Å². The molecule has 156 valence electrons. The summed E-state index contributed by atoms with van der Waals surface area (Å²) in [7, 11) is 0. The minimum absolute atomic E-state index is 0.0238. The number of ether oxygens (including phenoxy) is 1. The highest BCUT2D eigenvalue weighted by Crippen LogP contribution is 2.29. The zero-order valence-corrected chi connectivity index (χ0v) is 17.4. The van der Waals surface area contributed by atoms with Crippen LogP contribution in [0.1, 0.15) is 44.6 Å². The fourth-order valence-electron chi connectivity index (χ4n) is 3.68. The van der Waals surface area contributed by atoms with Crippen molar-refractivity contribution in [2.24, 2.45) is 5.92 Å². The molecule has 4 nitrogen and oxygen atoms in total. The van der Waals surface area contributed by atoms with Crippen LogP contribution in [0.5, 0.6) is 5.75 Å². The van der Waals surface area contributed by atoms with E-state index in [0.29, 0.717) is 18.3 Å². The summed E-state index contributed by atoms with van der Waals surface area (Å²) in [5, 5.41) is 2.99. The number of piperidine rings is 1. The molecule has 1 aliphatic heterocycles. The van der Waals surface area contributed by atoms with Crippen molar-refractivity contribution >= 4 is 11.6 Å². The van der Waals surface area contributed by atoms with Gasteiger partial charge in [0, 0.05) is 18.2 Å². The summed E-state index contributed by atoms with van der Waals surface area (Å²) < 4.78 is 19.1. The second kappa shape index (κ2) is 10.4. The van der Waals surface area contributed by atoms with Crippen LogP contribution in [0.15, 0.2) is 48.5 Å². The maximum absolute atomic E-state index is 13.6. The Morgan fingerprint density at radius 3 is 2.66 bits per heavy atom. The van der Waals surface area contributed by atoms with E-state index in [1.165, 1.54) is 11.6 Å². The highest BCUT2D eigenvalue weighted by Gasteiger charge is 2.21. The van der Waals surface area contributed by atoms with Crippen LogP contribution in [0.3, 0.4) is 0 Å². The first-order valence-electron chi connectivity index (χ1n) is 10.5. The fourth-order valence-corrected chi connectivity index (χ4v) is 3.68. The summed E-state index contributed by atoms with van der Waals surface area (Å²) in [5.74, 6) is 0.575. The molecule has 1 fully saturated rings. The van der Waals surface area contributed by atoms with Gasteiger partial charge in [-0.1, -0.05) is 38.1 Å². The first-order valence-corrected chi connectivity index (χ1v) is 10.5. The van der Waals surface area contributed by atoms with Gasteiger partial charge in [0.05, 0.1) is 6.61 Å². The maximum Gasteiger partial charge on any atom is 0.226 e. The van der Waals surface area contributed by atoms with Gasteiger partial charge in [-0.05, 0) is 68.1 Å². The molecule has 1 N–H and O–H groups in total. The van der Waals surface area contributed by atoms with Gasteiger partial charge in [-0.2, -0.15) is 0 Å². The Hall–Kier alpha value is -2.40. The minimum atomic E-state index is -0.305. The monoisotopic (exact) mass is 398 g/mol. The lowest BCUT2D eigenvalue weighted by atomic mass is 9.89. The second-order valence-electron chi connectivity index (χ2n) is 8.02. The van der Waals surface area contributed by atoms with Gasteiger partial charge in [0.1, 0.15) is 0 Å². The number of nitrogens with one attached hydrogen (secondary N) is 1. The van der Waals surface area contributed by atoms with Crippen molar-refractivity contribution in [1.82, 2.24) is 4.90 Å². The number of benzene rings is 2.